The maximum atomic E-state index is 10.2. The van der Waals surface area contributed by atoms with Crippen molar-refractivity contribution in [2.45, 2.75) is 46.0 Å². The van der Waals surface area contributed by atoms with Crippen molar-refractivity contribution >= 4 is 0 Å². The molecular formula is C29H42N2O5. The second-order valence-electron chi connectivity index (χ2n) is 9.25. The third-order valence-electron chi connectivity index (χ3n) is 6.93. The Balaban J connectivity index is 1.92. The summed E-state index contributed by atoms with van der Waals surface area (Å²) in [6, 6.07) is 12.6. The highest BCUT2D eigenvalue weighted by Crippen LogP contribution is 2.41. The average Bonchev–Trinajstić information content (AvgIpc) is 2.91. The first-order chi connectivity index (χ1) is 17.4. The van der Waals surface area contributed by atoms with Gasteiger partial charge in [-0.1, -0.05) is 19.9 Å². The van der Waals surface area contributed by atoms with Crippen LogP contribution in [0.25, 0.3) is 0 Å². The van der Waals surface area contributed by atoms with Crippen LogP contribution in [-0.2, 0) is 12.8 Å². The number of nitrogens with zero attached hydrogens (tertiary/aromatic N) is 1. The predicted octanol–water partition coefficient (Wildman–Crippen LogP) is 5.44. The molecule has 0 heterocycles. The number of hydrogen-bond acceptors (Lipinski definition) is 7. The number of aryl methyl sites for hydroxylation is 1. The summed E-state index contributed by atoms with van der Waals surface area (Å²) >= 11 is 0. The molecule has 0 aliphatic heterocycles. The van der Waals surface area contributed by atoms with Crippen molar-refractivity contribution < 1.29 is 23.7 Å². The van der Waals surface area contributed by atoms with Crippen LogP contribution >= 0.6 is 0 Å². The fraction of sp³-hybridized carbons (Fsp3) is 0.552. The summed E-state index contributed by atoms with van der Waals surface area (Å²) in [6.45, 7) is 6.02. The van der Waals surface area contributed by atoms with Crippen molar-refractivity contribution in [2.75, 3.05) is 48.6 Å². The summed E-state index contributed by atoms with van der Waals surface area (Å²) in [6.07, 6.45) is 4.21. The van der Waals surface area contributed by atoms with Gasteiger partial charge >= 0.3 is 0 Å². The predicted molar refractivity (Wildman–Crippen MR) is 143 cm³/mol. The molecule has 0 radical (unpaired) electrons. The Kier molecular flexibility index (Phi) is 11.7. The van der Waals surface area contributed by atoms with Crippen molar-refractivity contribution in [3.63, 3.8) is 0 Å². The van der Waals surface area contributed by atoms with Crippen LogP contribution in [0.5, 0.6) is 28.7 Å². The molecule has 7 heteroatoms. The summed E-state index contributed by atoms with van der Waals surface area (Å²) in [5, 5.41) is 13.7. The lowest BCUT2D eigenvalue weighted by Gasteiger charge is -2.31. The second-order valence-corrected chi connectivity index (χ2v) is 9.25. The minimum Gasteiger partial charge on any atom is -0.493 e. The van der Waals surface area contributed by atoms with E-state index in [9.17, 15) is 5.26 Å². The van der Waals surface area contributed by atoms with Crippen LogP contribution in [0.4, 0.5) is 0 Å². The van der Waals surface area contributed by atoms with Crippen LogP contribution in [-0.4, -0.2) is 48.6 Å². The van der Waals surface area contributed by atoms with Crippen LogP contribution in [0.2, 0.25) is 0 Å². The van der Waals surface area contributed by atoms with Gasteiger partial charge in [0.1, 0.15) is 0 Å². The Labute approximate surface area is 216 Å². The molecule has 0 fully saturated rings. The quantitative estimate of drug-likeness (QED) is 0.309. The van der Waals surface area contributed by atoms with Gasteiger partial charge in [-0.05, 0) is 86.5 Å². The fourth-order valence-electron chi connectivity index (χ4n) is 4.51. The Morgan fingerprint density at radius 3 is 1.89 bits per heavy atom. The van der Waals surface area contributed by atoms with Crippen LogP contribution in [0.1, 0.15) is 44.2 Å². The minimum absolute atomic E-state index is 0.247. The zero-order valence-corrected chi connectivity index (χ0v) is 22.9. The van der Waals surface area contributed by atoms with Crippen LogP contribution < -0.4 is 29.0 Å². The molecule has 1 atom stereocenters. The van der Waals surface area contributed by atoms with Crippen molar-refractivity contribution in [3.05, 3.63) is 41.5 Å². The van der Waals surface area contributed by atoms with E-state index in [2.05, 4.69) is 31.3 Å². The Morgan fingerprint density at radius 2 is 1.36 bits per heavy atom. The Hall–Kier alpha value is -3.11. The summed E-state index contributed by atoms with van der Waals surface area (Å²) in [7, 11) is 8.13. The molecule has 0 aliphatic rings. The number of rotatable bonds is 16. The molecule has 1 N–H and O–H groups in total. The van der Waals surface area contributed by atoms with Gasteiger partial charge in [0.05, 0.1) is 47.0 Å². The molecule has 0 saturated heterocycles. The molecule has 0 spiro atoms. The molecule has 0 aliphatic carbocycles. The highest BCUT2D eigenvalue weighted by molar-refractivity contribution is 5.54. The highest BCUT2D eigenvalue weighted by Gasteiger charge is 2.33. The number of hydrogen-bond donors (Lipinski definition) is 1. The zero-order chi connectivity index (χ0) is 26.6. The smallest absolute Gasteiger partial charge is 0.203 e. The summed E-state index contributed by atoms with van der Waals surface area (Å²) in [5.74, 6) is 3.59. The van der Waals surface area contributed by atoms with Gasteiger partial charge in [0.2, 0.25) is 5.75 Å². The molecule has 0 aromatic heterocycles. The lowest BCUT2D eigenvalue weighted by atomic mass is 9.71. The Morgan fingerprint density at radius 1 is 0.750 bits per heavy atom. The normalized spacial score (nSPS) is 12.5. The van der Waals surface area contributed by atoms with E-state index in [1.807, 2.05) is 24.3 Å². The van der Waals surface area contributed by atoms with Gasteiger partial charge in [-0.25, -0.2) is 0 Å². The van der Waals surface area contributed by atoms with E-state index < -0.39 is 5.41 Å². The van der Waals surface area contributed by atoms with Crippen LogP contribution in [0.15, 0.2) is 30.3 Å². The molecule has 7 nitrogen and oxygen atoms in total. The van der Waals surface area contributed by atoms with Gasteiger partial charge in [0, 0.05) is 0 Å². The first-order valence-corrected chi connectivity index (χ1v) is 12.5. The monoisotopic (exact) mass is 498 g/mol. The number of benzene rings is 2. The standard InChI is InChI=1S/C29H42N2O5/c1-21(2)29(20-30,14-11-23-18-26(34-5)28(36-7)27(19-23)35-6)13-8-15-31-16-12-22-9-10-24(32-3)25(17-22)33-4/h9-10,17-19,21,31H,8,11-16H2,1-7H3. The third-order valence-corrected chi connectivity index (χ3v) is 6.93. The van der Waals surface area contributed by atoms with E-state index in [0.29, 0.717) is 17.2 Å². The number of nitriles is 1. The Bertz CT molecular complexity index is 977. The van der Waals surface area contributed by atoms with Gasteiger partial charge < -0.3 is 29.0 Å². The summed E-state index contributed by atoms with van der Waals surface area (Å²) in [4.78, 5) is 0. The van der Waals surface area contributed by atoms with Crippen molar-refractivity contribution in [1.82, 2.24) is 5.32 Å². The number of nitrogens with one attached hydrogen (secondary N) is 1. The topological polar surface area (TPSA) is 82.0 Å². The first kappa shape index (κ1) is 29.1. The number of methoxy groups -OCH3 is 5. The highest BCUT2D eigenvalue weighted by atomic mass is 16.5. The van der Waals surface area contributed by atoms with Gasteiger partial charge in [-0.15, -0.1) is 0 Å². The maximum absolute atomic E-state index is 10.2. The lowest BCUT2D eigenvalue weighted by Crippen LogP contribution is -2.28. The van der Waals surface area contributed by atoms with Gasteiger partial charge in [-0.2, -0.15) is 5.26 Å². The SMILES string of the molecule is COc1ccc(CCNCCCC(C#N)(CCc2cc(OC)c(OC)c(OC)c2)C(C)C)cc1OC. The van der Waals surface area contributed by atoms with Crippen molar-refractivity contribution in [1.29, 1.82) is 5.26 Å². The van der Waals surface area contributed by atoms with Gasteiger partial charge in [0.25, 0.3) is 0 Å². The molecule has 1 unspecified atom stereocenters. The fourth-order valence-corrected chi connectivity index (χ4v) is 4.51. The molecule has 198 valence electrons. The molecular weight excluding hydrogens is 456 g/mol. The molecule has 2 aromatic rings. The van der Waals surface area contributed by atoms with E-state index in [-0.39, 0.29) is 5.92 Å². The summed E-state index contributed by atoms with van der Waals surface area (Å²) < 4.78 is 27.1. The molecule has 2 rings (SSSR count). The van der Waals surface area contributed by atoms with Crippen LogP contribution in [0, 0.1) is 22.7 Å². The first-order valence-electron chi connectivity index (χ1n) is 12.5. The molecule has 0 bridgehead atoms. The molecule has 36 heavy (non-hydrogen) atoms. The minimum atomic E-state index is -0.397. The number of ether oxygens (including phenoxy) is 5. The van der Waals surface area contributed by atoms with E-state index in [1.54, 1.807) is 35.5 Å². The molecule has 0 saturated carbocycles. The maximum Gasteiger partial charge on any atom is 0.203 e. The molecule has 0 amide bonds. The van der Waals surface area contributed by atoms with Crippen LogP contribution in [0.3, 0.4) is 0 Å². The van der Waals surface area contributed by atoms with Crippen molar-refractivity contribution in [2.24, 2.45) is 11.3 Å². The lowest BCUT2D eigenvalue weighted by molar-refractivity contribution is 0.229. The van der Waals surface area contributed by atoms with Crippen molar-refractivity contribution in [3.8, 4) is 34.8 Å². The van der Waals surface area contributed by atoms with Gasteiger partial charge in [-0.3, -0.25) is 0 Å². The van der Waals surface area contributed by atoms with Gasteiger partial charge in [0.15, 0.2) is 23.0 Å². The second kappa shape index (κ2) is 14.4. The molecule has 2 aromatic carbocycles. The van der Waals surface area contributed by atoms with E-state index >= 15 is 0 Å². The average molecular weight is 499 g/mol. The zero-order valence-electron chi connectivity index (χ0n) is 22.9. The van der Waals surface area contributed by atoms with E-state index in [1.165, 1.54) is 5.56 Å². The largest absolute Gasteiger partial charge is 0.493 e. The third kappa shape index (κ3) is 7.44. The van der Waals surface area contributed by atoms with E-state index in [0.717, 1.165) is 62.3 Å². The van der Waals surface area contributed by atoms with E-state index in [4.69, 9.17) is 23.7 Å². The summed E-state index contributed by atoms with van der Waals surface area (Å²) in [5.41, 5.74) is 1.86.